The minimum Gasteiger partial charge on any atom is -0.377 e. The summed E-state index contributed by atoms with van der Waals surface area (Å²) in [6.45, 7) is 3.88. The van der Waals surface area contributed by atoms with Crippen LogP contribution in [0.2, 0.25) is 0 Å². The average molecular weight is 344 g/mol. The van der Waals surface area contributed by atoms with Gasteiger partial charge in [0.05, 0.1) is 5.69 Å². The van der Waals surface area contributed by atoms with Crippen molar-refractivity contribution in [3.05, 3.63) is 70.8 Å². The first-order valence-electron chi connectivity index (χ1n) is 8.59. The van der Waals surface area contributed by atoms with Crippen LogP contribution in [0.4, 0.5) is 11.4 Å². The maximum absolute atomic E-state index is 13.3. The van der Waals surface area contributed by atoms with Gasteiger partial charge in [0, 0.05) is 41.7 Å². The number of hydrogen-bond donors (Lipinski definition) is 0. The molecule has 1 aliphatic heterocycles. The van der Waals surface area contributed by atoms with Crippen LogP contribution < -0.4 is 9.80 Å². The van der Waals surface area contributed by atoms with E-state index >= 15 is 0 Å². The maximum atomic E-state index is 13.3. The summed E-state index contributed by atoms with van der Waals surface area (Å²) in [5.74, 6) is -0.532. The Kier molecular flexibility index (Phi) is 3.58. The Labute approximate surface area is 152 Å². The second-order valence-corrected chi connectivity index (χ2v) is 6.99. The number of imide groups is 1. The first-order valence-corrected chi connectivity index (χ1v) is 8.59. The van der Waals surface area contributed by atoms with Crippen LogP contribution in [0.25, 0.3) is 10.8 Å². The molecule has 0 saturated carbocycles. The zero-order chi connectivity index (χ0) is 18.6. The Morgan fingerprint density at radius 2 is 1.54 bits per heavy atom. The van der Waals surface area contributed by atoms with Gasteiger partial charge in [-0.1, -0.05) is 24.3 Å². The molecule has 0 radical (unpaired) electrons. The lowest BCUT2D eigenvalue weighted by atomic mass is 9.92. The minimum atomic E-state index is -0.266. The van der Waals surface area contributed by atoms with Gasteiger partial charge in [0.25, 0.3) is 11.8 Å². The van der Waals surface area contributed by atoms with Crippen molar-refractivity contribution in [2.75, 3.05) is 23.9 Å². The van der Waals surface area contributed by atoms with E-state index in [4.69, 9.17) is 0 Å². The molecule has 3 aromatic carbocycles. The van der Waals surface area contributed by atoms with Crippen LogP contribution in [0, 0.1) is 13.8 Å². The molecule has 1 aliphatic rings. The van der Waals surface area contributed by atoms with Gasteiger partial charge in [-0.25, -0.2) is 4.90 Å². The number of carbonyl (C=O) groups excluding carboxylic acids is 2. The third kappa shape index (κ3) is 2.22. The van der Waals surface area contributed by atoms with Gasteiger partial charge in [0.2, 0.25) is 0 Å². The lowest BCUT2D eigenvalue weighted by molar-refractivity contribution is 0.0893. The van der Waals surface area contributed by atoms with Crippen LogP contribution in [0.15, 0.2) is 48.5 Å². The zero-order valence-electron chi connectivity index (χ0n) is 15.3. The summed E-state index contributed by atoms with van der Waals surface area (Å²) < 4.78 is 0. The molecule has 0 atom stereocenters. The lowest BCUT2D eigenvalue weighted by Gasteiger charge is -2.29. The Balaban J connectivity index is 2.01. The van der Waals surface area contributed by atoms with Gasteiger partial charge in [0.1, 0.15) is 0 Å². The fourth-order valence-corrected chi connectivity index (χ4v) is 3.65. The molecular weight excluding hydrogens is 324 g/mol. The molecule has 4 nitrogen and oxygen atoms in total. The number of benzene rings is 3. The predicted octanol–water partition coefficient (Wildman–Crippen LogP) is 4.32. The topological polar surface area (TPSA) is 40.6 Å². The highest BCUT2D eigenvalue weighted by atomic mass is 16.2. The average Bonchev–Trinajstić information content (AvgIpc) is 2.62. The molecule has 0 aliphatic carbocycles. The smallest absolute Gasteiger partial charge is 0.265 e. The summed E-state index contributed by atoms with van der Waals surface area (Å²) in [5.41, 5.74) is 4.70. The van der Waals surface area contributed by atoms with E-state index in [1.807, 2.05) is 75.3 Å². The number of amides is 2. The lowest BCUT2D eigenvalue weighted by Crippen LogP contribution is -2.41. The van der Waals surface area contributed by atoms with Crippen LogP contribution in [-0.4, -0.2) is 25.9 Å². The molecule has 0 fully saturated rings. The molecule has 130 valence electrons. The first kappa shape index (κ1) is 16.3. The van der Waals surface area contributed by atoms with Crippen molar-refractivity contribution < 1.29 is 9.59 Å². The van der Waals surface area contributed by atoms with Crippen LogP contribution in [0.3, 0.4) is 0 Å². The van der Waals surface area contributed by atoms with Crippen molar-refractivity contribution >= 4 is 34.0 Å². The highest BCUT2D eigenvalue weighted by molar-refractivity contribution is 6.36. The molecule has 3 aromatic rings. The Morgan fingerprint density at radius 3 is 2.23 bits per heavy atom. The van der Waals surface area contributed by atoms with Crippen LogP contribution in [-0.2, 0) is 0 Å². The van der Waals surface area contributed by atoms with E-state index in [0.717, 1.165) is 27.6 Å². The predicted molar refractivity (Wildman–Crippen MR) is 105 cm³/mol. The highest BCUT2D eigenvalue weighted by Gasteiger charge is 2.35. The van der Waals surface area contributed by atoms with Gasteiger partial charge in [-0.3, -0.25) is 9.59 Å². The molecule has 0 spiro atoms. The van der Waals surface area contributed by atoms with Crippen LogP contribution in [0.1, 0.15) is 31.8 Å². The third-order valence-electron chi connectivity index (χ3n) is 4.97. The first-order chi connectivity index (χ1) is 12.4. The summed E-state index contributed by atoms with van der Waals surface area (Å²) in [6.07, 6.45) is 0. The molecule has 4 heteroatoms. The number of aryl methyl sites for hydroxylation is 2. The standard InChI is InChI=1S/C22H20N2O2/c1-13-8-9-14(2)19(12-13)24-21(25)16-7-5-6-15-18(23(3)4)11-10-17(20(15)16)22(24)26/h5-12H,1-4H3. The van der Waals surface area contributed by atoms with Crippen molar-refractivity contribution in [1.29, 1.82) is 0 Å². The second-order valence-electron chi connectivity index (χ2n) is 6.99. The van der Waals surface area contributed by atoms with Gasteiger partial charge in [-0.15, -0.1) is 0 Å². The van der Waals surface area contributed by atoms with E-state index < -0.39 is 0 Å². The number of rotatable bonds is 2. The minimum absolute atomic E-state index is 0.266. The van der Waals surface area contributed by atoms with Gasteiger partial charge >= 0.3 is 0 Å². The molecular formula is C22H20N2O2. The molecule has 0 aromatic heterocycles. The molecule has 0 N–H and O–H groups in total. The third-order valence-corrected chi connectivity index (χ3v) is 4.97. The summed E-state index contributed by atoms with van der Waals surface area (Å²) >= 11 is 0. The molecule has 1 heterocycles. The second kappa shape index (κ2) is 5.70. The maximum Gasteiger partial charge on any atom is 0.265 e. The summed E-state index contributed by atoms with van der Waals surface area (Å²) in [4.78, 5) is 29.8. The van der Waals surface area contributed by atoms with Gasteiger partial charge in [-0.05, 0) is 49.2 Å². The quantitative estimate of drug-likeness (QED) is 0.650. The number of anilines is 2. The monoisotopic (exact) mass is 344 g/mol. The molecule has 26 heavy (non-hydrogen) atoms. The normalized spacial score (nSPS) is 13.5. The van der Waals surface area contributed by atoms with Crippen molar-refractivity contribution in [3.63, 3.8) is 0 Å². The summed E-state index contributed by atoms with van der Waals surface area (Å²) in [7, 11) is 3.91. The van der Waals surface area contributed by atoms with E-state index in [1.54, 1.807) is 6.07 Å². The summed E-state index contributed by atoms with van der Waals surface area (Å²) in [5, 5.41) is 1.67. The van der Waals surface area contributed by atoms with Gasteiger partial charge in [-0.2, -0.15) is 0 Å². The van der Waals surface area contributed by atoms with Crippen molar-refractivity contribution in [1.82, 2.24) is 0 Å². The molecule has 0 saturated heterocycles. The Bertz CT molecular complexity index is 1060. The van der Waals surface area contributed by atoms with Crippen molar-refractivity contribution in [3.8, 4) is 0 Å². The number of hydrogen-bond acceptors (Lipinski definition) is 3. The van der Waals surface area contributed by atoms with Crippen molar-refractivity contribution in [2.24, 2.45) is 0 Å². The fraction of sp³-hybridized carbons (Fsp3) is 0.182. The SMILES string of the molecule is Cc1ccc(C)c(N2C(=O)c3cccc4c(N(C)C)ccc(c34)C2=O)c1. The Morgan fingerprint density at radius 1 is 0.846 bits per heavy atom. The molecule has 0 unspecified atom stereocenters. The van der Waals surface area contributed by atoms with E-state index in [2.05, 4.69) is 0 Å². The van der Waals surface area contributed by atoms with Crippen LogP contribution >= 0.6 is 0 Å². The van der Waals surface area contributed by atoms with E-state index in [-0.39, 0.29) is 11.8 Å². The van der Waals surface area contributed by atoms with E-state index in [9.17, 15) is 9.59 Å². The number of carbonyl (C=O) groups is 2. The van der Waals surface area contributed by atoms with Gasteiger partial charge < -0.3 is 4.90 Å². The van der Waals surface area contributed by atoms with Crippen LogP contribution in [0.5, 0.6) is 0 Å². The molecule has 4 rings (SSSR count). The van der Waals surface area contributed by atoms with Crippen molar-refractivity contribution in [2.45, 2.75) is 13.8 Å². The largest absolute Gasteiger partial charge is 0.377 e. The molecule has 2 amide bonds. The summed E-state index contributed by atoms with van der Waals surface area (Å²) in [6, 6.07) is 15.2. The van der Waals surface area contributed by atoms with E-state index in [0.29, 0.717) is 16.8 Å². The number of nitrogens with zero attached hydrogens (tertiary/aromatic N) is 2. The Hall–Kier alpha value is -3.14. The fourth-order valence-electron chi connectivity index (χ4n) is 3.65. The zero-order valence-corrected chi connectivity index (χ0v) is 15.3. The highest BCUT2D eigenvalue weighted by Crippen LogP contribution is 2.37. The van der Waals surface area contributed by atoms with E-state index in [1.165, 1.54) is 4.90 Å². The molecule has 0 bridgehead atoms. The van der Waals surface area contributed by atoms with Gasteiger partial charge in [0.15, 0.2) is 0 Å².